The van der Waals surface area contributed by atoms with E-state index in [4.69, 9.17) is 4.98 Å². The lowest BCUT2D eigenvalue weighted by Crippen LogP contribution is -2.24. The molecule has 0 aliphatic carbocycles. The van der Waals surface area contributed by atoms with Gasteiger partial charge in [-0.15, -0.1) is 0 Å². The van der Waals surface area contributed by atoms with Crippen LogP contribution in [0.1, 0.15) is 58.7 Å². The van der Waals surface area contributed by atoms with Crippen LogP contribution >= 0.6 is 0 Å². The van der Waals surface area contributed by atoms with Gasteiger partial charge in [0.15, 0.2) is 0 Å². The average Bonchev–Trinajstić information content (AvgIpc) is 2.39. The molecule has 1 rings (SSSR count). The van der Waals surface area contributed by atoms with E-state index in [-0.39, 0.29) is 0 Å². The third-order valence-corrected chi connectivity index (χ3v) is 3.45. The number of nitrogens with one attached hydrogen (secondary N) is 1. The molecule has 0 amide bonds. The molecule has 0 unspecified atom stereocenters. The molecule has 114 valence electrons. The van der Waals surface area contributed by atoms with Crippen molar-refractivity contribution in [2.24, 2.45) is 5.92 Å². The van der Waals surface area contributed by atoms with Gasteiger partial charge in [0.25, 0.3) is 0 Å². The summed E-state index contributed by atoms with van der Waals surface area (Å²) in [6, 6.07) is 4.47. The highest BCUT2D eigenvalue weighted by atomic mass is 15.2. The van der Waals surface area contributed by atoms with Crippen molar-refractivity contribution in [1.82, 2.24) is 10.3 Å². The van der Waals surface area contributed by atoms with Crippen molar-refractivity contribution >= 4 is 5.82 Å². The summed E-state index contributed by atoms with van der Waals surface area (Å²) < 4.78 is 0. The minimum Gasteiger partial charge on any atom is -0.357 e. The Morgan fingerprint density at radius 1 is 1.10 bits per heavy atom. The maximum atomic E-state index is 4.82. The van der Waals surface area contributed by atoms with Gasteiger partial charge >= 0.3 is 0 Å². The number of anilines is 1. The Morgan fingerprint density at radius 3 is 2.25 bits per heavy atom. The van der Waals surface area contributed by atoms with E-state index in [1.807, 2.05) is 0 Å². The zero-order chi connectivity index (χ0) is 15.1. The summed E-state index contributed by atoms with van der Waals surface area (Å²) in [4.78, 5) is 7.13. The Balaban J connectivity index is 2.92. The number of nitrogens with zero attached hydrogens (tertiary/aromatic N) is 2. The highest BCUT2D eigenvalue weighted by Gasteiger charge is 2.10. The fourth-order valence-electron chi connectivity index (χ4n) is 2.21. The van der Waals surface area contributed by atoms with Gasteiger partial charge in [-0.25, -0.2) is 4.98 Å². The van der Waals surface area contributed by atoms with Crippen LogP contribution in [0.25, 0.3) is 0 Å². The highest BCUT2D eigenvalue weighted by Crippen LogP contribution is 2.20. The molecular weight excluding hydrogens is 246 g/mol. The van der Waals surface area contributed by atoms with Gasteiger partial charge in [0, 0.05) is 25.3 Å². The van der Waals surface area contributed by atoms with Crippen molar-refractivity contribution in [3.63, 3.8) is 0 Å². The van der Waals surface area contributed by atoms with Gasteiger partial charge in [0.1, 0.15) is 5.82 Å². The first-order chi connectivity index (χ1) is 9.47. The molecule has 1 heterocycles. The Labute approximate surface area is 124 Å². The first-order valence-corrected chi connectivity index (χ1v) is 7.94. The Hall–Kier alpha value is -1.09. The van der Waals surface area contributed by atoms with E-state index in [2.05, 4.69) is 63.9 Å². The fourth-order valence-corrected chi connectivity index (χ4v) is 2.21. The molecule has 3 nitrogen and oxygen atoms in total. The molecule has 0 aliphatic heterocycles. The van der Waals surface area contributed by atoms with Crippen LogP contribution in [0, 0.1) is 5.92 Å². The number of rotatable bonds is 8. The fraction of sp³-hybridized carbons (Fsp3) is 0.706. The Morgan fingerprint density at radius 2 is 1.75 bits per heavy atom. The summed E-state index contributed by atoms with van der Waals surface area (Å²) in [5.41, 5.74) is 2.53. The zero-order valence-corrected chi connectivity index (χ0v) is 14.0. The van der Waals surface area contributed by atoms with Crippen molar-refractivity contribution in [2.45, 2.75) is 54.0 Å². The molecule has 1 aromatic heterocycles. The molecule has 20 heavy (non-hydrogen) atoms. The molecular formula is C17H31N3. The molecule has 0 fully saturated rings. The van der Waals surface area contributed by atoms with Crippen LogP contribution in [0.5, 0.6) is 0 Å². The van der Waals surface area contributed by atoms with Gasteiger partial charge in [-0.1, -0.05) is 27.7 Å². The van der Waals surface area contributed by atoms with Gasteiger partial charge < -0.3 is 10.2 Å². The third kappa shape index (κ3) is 5.12. The van der Waals surface area contributed by atoms with Crippen LogP contribution in [0.15, 0.2) is 12.1 Å². The van der Waals surface area contributed by atoms with Crippen molar-refractivity contribution in [3.8, 4) is 0 Å². The number of hydrogen-bond donors (Lipinski definition) is 1. The van der Waals surface area contributed by atoms with Crippen molar-refractivity contribution in [1.29, 1.82) is 0 Å². The molecule has 0 spiro atoms. The van der Waals surface area contributed by atoms with Gasteiger partial charge in [-0.2, -0.15) is 0 Å². The van der Waals surface area contributed by atoms with Gasteiger partial charge in [0.05, 0.1) is 0 Å². The van der Waals surface area contributed by atoms with Crippen LogP contribution in [-0.2, 0) is 6.54 Å². The molecule has 0 atom stereocenters. The third-order valence-electron chi connectivity index (χ3n) is 3.45. The van der Waals surface area contributed by atoms with E-state index >= 15 is 0 Å². The quantitative estimate of drug-likeness (QED) is 0.783. The minimum atomic E-state index is 0.467. The summed E-state index contributed by atoms with van der Waals surface area (Å²) in [5.74, 6) is 2.26. The maximum absolute atomic E-state index is 4.82. The van der Waals surface area contributed by atoms with Crippen LogP contribution in [0.4, 0.5) is 5.82 Å². The zero-order valence-electron chi connectivity index (χ0n) is 14.0. The molecule has 0 aliphatic rings. The number of aromatic nitrogens is 1. The van der Waals surface area contributed by atoms with E-state index in [0.29, 0.717) is 11.8 Å². The topological polar surface area (TPSA) is 28.2 Å². The van der Waals surface area contributed by atoms with E-state index in [0.717, 1.165) is 32.0 Å². The lowest BCUT2D eigenvalue weighted by Gasteiger charge is -2.22. The van der Waals surface area contributed by atoms with E-state index in [9.17, 15) is 0 Å². The molecule has 1 N–H and O–H groups in total. The summed E-state index contributed by atoms with van der Waals surface area (Å²) in [7, 11) is 0. The molecule has 0 saturated carbocycles. The molecule has 0 saturated heterocycles. The second-order valence-electron chi connectivity index (χ2n) is 6.11. The Kier molecular flexibility index (Phi) is 7.00. The van der Waals surface area contributed by atoms with Gasteiger partial charge in [-0.05, 0) is 49.9 Å². The smallest absolute Gasteiger partial charge is 0.129 e. The molecule has 1 aromatic rings. The normalized spacial score (nSPS) is 11.4. The number of hydrogen-bond acceptors (Lipinski definition) is 3. The monoisotopic (exact) mass is 277 g/mol. The second kappa shape index (κ2) is 8.25. The minimum absolute atomic E-state index is 0.467. The standard InChI is InChI=1S/C17H31N3/c1-7-20(8-2)17-10-15(12-18-11-13(3)4)9-16(19-17)14(5)6/h9-10,13-14,18H,7-8,11-12H2,1-6H3. The van der Waals surface area contributed by atoms with Crippen LogP contribution in [0.3, 0.4) is 0 Å². The lowest BCUT2D eigenvalue weighted by molar-refractivity contribution is 0.551. The second-order valence-corrected chi connectivity index (χ2v) is 6.11. The number of pyridine rings is 1. The van der Waals surface area contributed by atoms with Crippen LogP contribution < -0.4 is 10.2 Å². The highest BCUT2D eigenvalue weighted by molar-refractivity contribution is 5.43. The molecule has 0 aromatic carbocycles. The predicted molar refractivity (Wildman–Crippen MR) is 88.4 cm³/mol. The maximum Gasteiger partial charge on any atom is 0.129 e. The van der Waals surface area contributed by atoms with Crippen molar-refractivity contribution in [2.75, 3.05) is 24.5 Å². The van der Waals surface area contributed by atoms with E-state index in [1.54, 1.807) is 0 Å². The predicted octanol–water partition coefficient (Wildman–Crippen LogP) is 3.80. The largest absolute Gasteiger partial charge is 0.357 e. The van der Waals surface area contributed by atoms with Crippen LogP contribution in [-0.4, -0.2) is 24.6 Å². The summed E-state index contributed by atoms with van der Waals surface area (Å²) in [5, 5.41) is 3.52. The Bertz CT molecular complexity index is 395. The molecule has 0 radical (unpaired) electrons. The molecule has 0 bridgehead atoms. The van der Waals surface area contributed by atoms with Gasteiger partial charge in [-0.3, -0.25) is 0 Å². The lowest BCUT2D eigenvalue weighted by atomic mass is 10.1. The molecule has 3 heteroatoms. The van der Waals surface area contributed by atoms with Crippen LogP contribution in [0.2, 0.25) is 0 Å². The summed E-state index contributed by atoms with van der Waals surface area (Å²) in [6.07, 6.45) is 0. The van der Waals surface area contributed by atoms with Crippen molar-refractivity contribution in [3.05, 3.63) is 23.4 Å². The van der Waals surface area contributed by atoms with E-state index in [1.165, 1.54) is 11.3 Å². The summed E-state index contributed by atoms with van der Waals surface area (Å²) in [6.45, 7) is 17.2. The SMILES string of the molecule is CCN(CC)c1cc(CNCC(C)C)cc(C(C)C)n1. The van der Waals surface area contributed by atoms with Gasteiger partial charge in [0.2, 0.25) is 0 Å². The average molecular weight is 277 g/mol. The van der Waals surface area contributed by atoms with E-state index < -0.39 is 0 Å². The first kappa shape index (κ1) is 17.0. The first-order valence-electron chi connectivity index (χ1n) is 7.94. The van der Waals surface area contributed by atoms with Crippen molar-refractivity contribution < 1.29 is 0 Å². The summed E-state index contributed by atoms with van der Waals surface area (Å²) >= 11 is 0.